The number of benzene rings is 1. The number of aromatic amines is 1. The van der Waals surface area contributed by atoms with Crippen LogP contribution in [0.25, 0.3) is 22.0 Å². The molecule has 1 aliphatic carbocycles. The number of Topliss-reactive ketones (excluding diaryl/α,β-unsaturated/α-hetero) is 1. The molecule has 2 aromatic heterocycles. The average molecular weight is 277 g/mol. The van der Waals surface area contributed by atoms with E-state index in [1.165, 1.54) is 6.33 Å². The highest BCUT2D eigenvalue weighted by Gasteiger charge is 2.21. The van der Waals surface area contributed by atoms with Gasteiger partial charge in [0.2, 0.25) is 0 Å². The van der Waals surface area contributed by atoms with Crippen molar-refractivity contribution in [3.63, 3.8) is 0 Å². The number of fused-ring (bicyclic) bond motifs is 3. The third-order valence-electron chi connectivity index (χ3n) is 4.13. The Balaban J connectivity index is 1.93. The van der Waals surface area contributed by atoms with Gasteiger partial charge < -0.3 is 4.98 Å². The lowest BCUT2D eigenvalue weighted by molar-refractivity contribution is 0.0983. The van der Waals surface area contributed by atoms with E-state index in [0.29, 0.717) is 6.42 Å². The molecule has 4 nitrogen and oxygen atoms in total. The normalized spacial score (nSPS) is 15.0. The van der Waals surface area contributed by atoms with Gasteiger partial charge in [-0.15, -0.1) is 0 Å². The molecule has 0 unspecified atom stereocenters. The van der Waals surface area contributed by atoms with Gasteiger partial charge in [0, 0.05) is 46.5 Å². The van der Waals surface area contributed by atoms with Gasteiger partial charge in [-0.25, -0.2) is 9.97 Å². The lowest BCUT2D eigenvalue weighted by Gasteiger charge is -2.02. The Morgan fingerprint density at radius 2 is 1.81 bits per heavy atom. The van der Waals surface area contributed by atoms with Crippen molar-refractivity contribution in [3.05, 3.63) is 48.2 Å². The second-order valence-electron chi connectivity index (χ2n) is 5.50. The van der Waals surface area contributed by atoms with E-state index < -0.39 is 0 Å². The van der Waals surface area contributed by atoms with Crippen LogP contribution in [-0.2, 0) is 6.42 Å². The van der Waals surface area contributed by atoms with Crippen LogP contribution in [0, 0.1) is 0 Å². The minimum absolute atomic E-state index is 0.259. The van der Waals surface area contributed by atoms with Gasteiger partial charge in [0.25, 0.3) is 0 Å². The highest BCUT2D eigenvalue weighted by atomic mass is 16.1. The van der Waals surface area contributed by atoms with E-state index in [4.69, 9.17) is 0 Å². The Kier molecular flexibility index (Phi) is 2.81. The molecule has 1 N–H and O–H groups in total. The number of nitrogens with zero attached hydrogens (tertiary/aromatic N) is 2. The van der Waals surface area contributed by atoms with Gasteiger partial charge in [0.05, 0.1) is 0 Å². The van der Waals surface area contributed by atoms with Gasteiger partial charge in [-0.3, -0.25) is 4.79 Å². The standard InChI is InChI=1S/C17H15N3O/c21-16-4-2-1-3-15-17(16)13-7-11(5-6-14(13)20-15)12-8-18-10-19-9-12/h5-10,20H,1-4H2. The van der Waals surface area contributed by atoms with Crippen LogP contribution >= 0.6 is 0 Å². The number of aryl methyl sites for hydroxylation is 1. The zero-order chi connectivity index (χ0) is 14.2. The number of H-pyrrole nitrogens is 1. The van der Waals surface area contributed by atoms with E-state index >= 15 is 0 Å². The Hall–Kier alpha value is -2.49. The fraction of sp³-hybridized carbons (Fsp3) is 0.235. The molecule has 3 aromatic rings. The quantitative estimate of drug-likeness (QED) is 0.692. The van der Waals surface area contributed by atoms with Gasteiger partial charge in [0.15, 0.2) is 5.78 Å². The third-order valence-corrected chi connectivity index (χ3v) is 4.13. The largest absolute Gasteiger partial charge is 0.358 e. The van der Waals surface area contributed by atoms with Crippen LogP contribution in [0.4, 0.5) is 0 Å². The first-order valence-electron chi connectivity index (χ1n) is 7.26. The van der Waals surface area contributed by atoms with Crippen LogP contribution in [0.15, 0.2) is 36.9 Å². The highest BCUT2D eigenvalue weighted by Crippen LogP contribution is 2.31. The highest BCUT2D eigenvalue weighted by molar-refractivity contribution is 6.10. The van der Waals surface area contributed by atoms with Crippen molar-refractivity contribution >= 4 is 16.7 Å². The summed E-state index contributed by atoms with van der Waals surface area (Å²) >= 11 is 0. The minimum Gasteiger partial charge on any atom is -0.358 e. The van der Waals surface area contributed by atoms with Crippen LogP contribution in [0.2, 0.25) is 0 Å². The molecule has 21 heavy (non-hydrogen) atoms. The van der Waals surface area contributed by atoms with Gasteiger partial charge in [-0.1, -0.05) is 6.07 Å². The smallest absolute Gasteiger partial charge is 0.165 e. The monoisotopic (exact) mass is 277 g/mol. The molecule has 104 valence electrons. The van der Waals surface area contributed by atoms with Gasteiger partial charge in [0.1, 0.15) is 6.33 Å². The summed E-state index contributed by atoms with van der Waals surface area (Å²) in [7, 11) is 0. The van der Waals surface area contributed by atoms with Crippen LogP contribution < -0.4 is 0 Å². The van der Waals surface area contributed by atoms with E-state index in [2.05, 4.69) is 21.0 Å². The molecule has 0 amide bonds. The maximum Gasteiger partial charge on any atom is 0.165 e. The summed E-state index contributed by atoms with van der Waals surface area (Å²) in [5, 5.41) is 1.03. The first-order valence-corrected chi connectivity index (χ1v) is 7.26. The second kappa shape index (κ2) is 4.81. The first-order chi connectivity index (χ1) is 10.3. The van der Waals surface area contributed by atoms with Crippen LogP contribution in [0.1, 0.15) is 35.3 Å². The number of hydrogen-bond donors (Lipinski definition) is 1. The van der Waals surface area contributed by atoms with E-state index in [1.54, 1.807) is 12.4 Å². The fourth-order valence-electron chi connectivity index (χ4n) is 3.09. The Morgan fingerprint density at radius 1 is 1.00 bits per heavy atom. The van der Waals surface area contributed by atoms with Crippen molar-refractivity contribution in [1.29, 1.82) is 0 Å². The molecule has 0 fully saturated rings. The van der Waals surface area contributed by atoms with Crippen molar-refractivity contribution in [1.82, 2.24) is 15.0 Å². The number of hydrogen-bond acceptors (Lipinski definition) is 3. The topological polar surface area (TPSA) is 58.6 Å². The molecule has 0 spiro atoms. The van der Waals surface area contributed by atoms with Crippen molar-refractivity contribution in [2.24, 2.45) is 0 Å². The molecule has 0 radical (unpaired) electrons. The van der Waals surface area contributed by atoms with Gasteiger partial charge >= 0.3 is 0 Å². The SMILES string of the molecule is O=C1CCCCc2[nH]c3ccc(-c4cncnc4)cc3c21. The van der Waals surface area contributed by atoms with E-state index in [1.807, 2.05) is 12.1 Å². The zero-order valence-electron chi connectivity index (χ0n) is 11.6. The van der Waals surface area contributed by atoms with Crippen molar-refractivity contribution in [3.8, 4) is 11.1 Å². The summed E-state index contributed by atoms with van der Waals surface area (Å²) in [6.45, 7) is 0. The Morgan fingerprint density at radius 3 is 2.67 bits per heavy atom. The predicted octanol–water partition coefficient (Wildman–Crippen LogP) is 3.53. The summed E-state index contributed by atoms with van der Waals surface area (Å²) in [6.07, 6.45) is 8.77. The molecule has 0 bridgehead atoms. The lowest BCUT2D eigenvalue weighted by atomic mass is 10.0. The number of carbonyl (C=O) groups is 1. The summed E-state index contributed by atoms with van der Waals surface area (Å²) in [6, 6.07) is 6.16. The lowest BCUT2D eigenvalue weighted by Crippen LogP contribution is -1.97. The molecular weight excluding hydrogens is 262 g/mol. The second-order valence-corrected chi connectivity index (χ2v) is 5.50. The molecule has 0 saturated heterocycles. The van der Waals surface area contributed by atoms with Crippen LogP contribution in [0.3, 0.4) is 0 Å². The Labute approximate surface area is 122 Å². The number of rotatable bonds is 1. The maximum atomic E-state index is 12.4. The van der Waals surface area contributed by atoms with Crippen molar-refractivity contribution in [2.75, 3.05) is 0 Å². The van der Waals surface area contributed by atoms with Crippen molar-refractivity contribution in [2.45, 2.75) is 25.7 Å². The molecule has 1 aromatic carbocycles. The van der Waals surface area contributed by atoms with E-state index in [-0.39, 0.29) is 5.78 Å². The maximum absolute atomic E-state index is 12.4. The molecule has 0 aliphatic heterocycles. The Bertz CT molecular complexity index is 821. The number of aromatic nitrogens is 3. The fourth-order valence-corrected chi connectivity index (χ4v) is 3.09. The molecule has 4 rings (SSSR count). The number of carbonyl (C=O) groups excluding carboxylic acids is 1. The summed E-state index contributed by atoms with van der Waals surface area (Å²) in [4.78, 5) is 23.9. The molecular formula is C17H15N3O. The van der Waals surface area contributed by atoms with Gasteiger partial charge in [-0.05, 0) is 37.0 Å². The van der Waals surface area contributed by atoms with E-state index in [0.717, 1.165) is 52.5 Å². The molecule has 1 aliphatic rings. The molecule has 0 atom stereocenters. The van der Waals surface area contributed by atoms with Crippen LogP contribution in [0.5, 0.6) is 0 Å². The van der Waals surface area contributed by atoms with Crippen LogP contribution in [-0.4, -0.2) is 20.7 Å². The summed E-state index contributed by atoms with van der Waals surface area (Å²) < 4.78 is 0. The number of ketones is 1. The minimum atomic E-state index is 0.259. The molecule has 0 saturated carbocycles. The average Bonchev–Trinajstić information content (AvgIpc) is 2.79. The summed E-state index contributed by atoms with van der Waals surface area (Å²) in [5.41, 5.74) is 5.03. The first kappa shape index (κ1) is 12.3. The summed E-state index contributed by atoms with van der Waals surface area (Å²) in [5.74, 6) is 0.259. The van der Waals surface area contributed by atoms with Gasteiger partial charge in [-0.2, -0.15) is 0 Å². The van der Waals surface area contributed by atoms with Crippen molar-refractivity contribution < 1.29 is 4.79 Å². The van der Waals surface area contributed by atoms with E-state index in [9.17, 15) is 4.79 Å². The zero-order valence-corrected chi connectivity index (χ0v) is 11.6. The predicted molar refractivity (Wildman–Crippen MR) is 81.2 cm³/mol. The molecule has 2 heterocycles. The number of nitrogens with one attached hydrogen (secondary N) is 1. The third kappa shape index (κ3) is 2.03. The molecule has 4 heteroatoms.